The third-order valence-corrected chi connectivity index (χ3v) is 1.00. The van der Waals surface area contributed by atoms with Gasteiger partial charge < -0.3 is 0 Å². The van der Waals surface area contributed by atoms with Gasteiger partial charge in [0, 0.05) is 21.7 Å². The quantitative estimate of drug-likeness (QED) is 0.478. The van der Waals surface area contributed by atoms with Gasteiger partial charge in [-0.25, -0.2) is 0 Å². The molecule has 0 nitrogen and oxygen atoms in total. The van der Waals surface area contributed by atoms with Crippen LogP contribution in [0.15, 0.2) is 24.6 Å². The standard InChI is InChI=1S/C4H8Si.Ti/c1-3-5-4-2;/h3-4H,1-2,5H2;. The van der Waals surface area contributed by atoms with Crippen LogP contribution in [0, 0.1) is 0 Å². The summed E-state index contributed by atoms with van der Waals surface area (Å²) >= 11 is 0. The van der Waals surface area contributed by atoms with E-state index in [1.807, 2.05) is 11.4 Å². The maximum Gasteiger partial charge on any atom is 0.0676 e. The maximum absolute atomic E-state index is 3.54. The summed E-state index contributed by atoms with van der Waals surface area (Å²) in [5.41, 5.74) is 3.90. The van der Waals surface area contributed by atoms with Crippen molar-refractivity contribution < 1.29 is 21.7 Å². The molecule has 0 bridgehead atoms. The number of hydrogen-bond donors (Lipinski definition) is 0. The van der Waals surface area contributed by atoms with Crippen LogP contribution in [0.2, 0.25) is 0 Å². The van der Waals surface area contributed by atoms with Gasteiger partial charge in [0.1, 0.15) is 0 Å². The second-order valence-electron chi connectivity index (χ2n) is 0.813. The third-order valence-electron chi connectivity index (χ3n) is 0.333. The Hall–Kier alpha value is 0.411. The Balaban J connectivity index is 0. The molecule has 0 aromatic rings. The summed E-state index contributed by atoms with van der Waals surface area (Å²) in [4.78, 5) is 0. The number of hydrogen-bond acceptors (Lipinski definition) is 0. The third kappa shape index (κ3) is 8.83. The predicted octanol–water partition coefficient (Wildman–Crippen LogP) is 0.440. The van der Waals surface area contributed by atoms with Gasteiger partial charge in [-0.1, -0.05) is 0 Å². The molecule has 0 aliphatic rings. The molecule has 32 valence electrons. The van der Waals surface area contributed by atoms with Crippen molar-refractivity contribution in [3.8, 4) is 0 Å². The molecule has 0 radical (unpaired) electrons. The minimum Gasteiger partial charge on any atom is -0.107 e. The van der Waals surface area contributed by atoms with E-state index in [9.17, 15) is 0 Å². The summed E-state index contributed by atoms with van der Waals surface area (Å²) in [6, 6.07) is 0. The van der Waals surface area contributed by atoms with Crippen molar-refractivity contribution >= 4 is 9.52 Å². The van der Waals surface area contributed by atoms with Crippen molar-refractivity contribution in [2.75, 3.05) is 0 Å². The molecular formula is C4H8SiTi. The van der Waals surface area contributed by atoms with Gasteiger partial charge in [-0.2, -0.15) is 0 Å². The molecular weight excluding hydrogens is 124 g/mol. The van der Waals surface area contributed by atoms with Crippen molar-refractivity contribution in [3.63, 3.8) is 0 Å². The summed E-state index contributed by atoms with van der Waals surface area (Å²) in [6.45, 7) is 7.08. The number of rotatable bonds is 2. The van der Waals surface area contributed by atoms with Gasteiger partial charge in [0.25, 0.3) is 0 Å². The van der Waals surface area contributed by atoms with E-state index in [2.05, 4.69) is 13.2 Å². The van der Waals surface area contributed by atoms with Gasteiger partial charge in [-0.15, -0.1) is 24.6 Å². The second kappa shape index (κ2) is 9.05. The first-order valence-electron chi connectivity index (χ1n) is 1.63. The van der Waals surface area contributed by atoms with Crippen LogP contribution < -0.4 is 0 Å². The van der Waals surface area contributed by atoms with Crippen LogP contribution in [-0.4, -0.2) is 9.52 Å². The summed E-state index contributed by atoms with van der Waals surface area (Å²) in [7, 11) is -0.0401. The molecule has 0 heterocycles. The van der Waals surface area contributed by atoms with Crippen LogP contribution >= 0.6 is 0 Å². The summed E-state index contributed by atoms with van der Waals surface area (Å²) in [5, 5.41) is 0. The second-order valence-corrected chi connectivity index (χ2v) is 2.44. The minimum atomic E-state index is -0.0401. The average Bonchev–Trinajstić information content (AvgIpc) is 1.41. The molecule has 0 atom stereocenters. The molecule has 0 amide bonds. The fourth-order valence-electron chi connectivity index (χ4n) is 0.118. The van der Waals surface area contributed by atoms with E-state index in [-0.39, 0.29) is 31.2 Å². The maximum atomic E-state index is 3.54. The van der Waals surface area contributed by atoms with Gasteiger partial charge in [0.2, 0.25) is 0 Å². The largest absolute Gasteiger partial charge is 0.107 e. The zero-order valence-electron chi connectivity index (χ0n) is 3.78. The normalized spacial score (nSPS) is 5.33. The molecule has 0 aromatic carbocycles. The van der Waals surface area contributed by atoms with E-state index in [4.69, 9.17) is 0 Å². The molecule has 0 aromatic heterocycles. The molecule has 0 N–H and O–H groups in total. The first-order chi connectivity index (χ1) is 2.41. The van der Waals surface area contributed by atoms with Crippen LogP contribution in [0.25, 0.3) is 0 Å². The van der Waals surface area contributed by atoms with E-state index >= 15 is 0 Å². The van der Waals surface area contributed by atoms with Crippen molar-refractivity contribution in [2.24, 2.45) is 0 Å². The van der Waals surface area contributed by atoms with E-state index in [1.54, 1.807) is 0 Å². The molecule has 0 spiro atoms. The van der Waals surface area contributed by atoms with E-state index < -0.39 is 0 Å². The Kier molecular flexibility index (Phi) is 14.5. The molecule has 0 fully saturated rings. The van der Waals surface area contributed by atoms with Gasteiger partial charge in [0.05, 0.1) is 9.52 Å². The zero-order valence-corrected chi connectivity index (χ0v) is 6.75. The van der Waals surface area contributed by atoms with E-state index in [0.29, 0.717) is 0 Å². The minimum absolute atomic E-state index is 0. The van der Waals surface area contributed by atoms with E-state index in [0.717, 1.165) is 0 Å². The Labute approximate surface area is 56.0 Å². The molecule has 6 heavy (non-hydrogen) atoms. The SMILES string of the molecule is C=C[SiH2]C=C.[Ti]. The molecule has 0 aliphatic carbocycles. The Bertz CT molecular complexity index is 36.8. The van der Waals surface area contributed by atoms with Crippen LogP contribution in [0.1, 0.15) is 0 Å². The van der Waals surface area contributed by atoms with E-state index in [1.165, 1.54) is 0 Å². The predicted molar refractivity (Wildman–Crippen MR) is 28.9 cm³/mol. The average molecular weight is 132 g/mol. The van der Waals surface area contributed by atoms with Gasteiger partial charge >= 0.3 is 0 Å². The molecule has 0 saturated heterocycles. The molecule has 0 rings (SSSR count). The first kappa shape index (κ1) is 9.65. The summed E-state index contributed by atoms with van der Waals surface area (Å²) in [6.07, 6.45) is 0. The summed E-state index contributed by atoms with van der Waals surface area (Å²) < 4.78 is 0. The van der Waals surface area contributed by atoms with Gasteiger partial charge in [0.15, 0.2) is 0 Å². The van der Waals surface area contributed by atoms with Crippen LogP contribution in [0.3, 0.4) is 0 Å². The topological polar surface area (TPSA) is 0 Å². The molecule has 0 saturated carbocycles. The van der Waals surface area contributed by atoms with Crippen LogP contribution in [0.4, 0.5) is 0 Å². The van der Waals surface area contributed by atoms with Crippen LogP contribution in [-0.2, 0) is 21.7 Å². The Morgan fingerprint density at radius 2 is 1.50 bits per heavy atom. The fourth-order valence-corrected chi connectivity index (χ4v) is 0.354. The molecule has 0 unspecified atom stereocenters. The van der Waals surface area contributed by atoms with Gasteiger partial charge in [-0.3, -0.25) is 0 Å². The van der Waals surface area contributed by atoms with Crippen LogP contribution in [0.5, 0.6) is 0 Å². The Morgan fingerprint density at radius 3 is 1.50 bits per heavy atom. The molecule has 0 aliphatic heterocycles. The Morgan fingerprint density at radius 1 is 1.17 bits per heavy atom. The molecule has 2 heteroatoms. The van der Waals surface area contributed by atoms with Crippen molar-refractivity contribution in [2.45, 2.75) is 0 Å². The zero-order chi connectivity index (χ0) is 4.12. The smallest absolute Gasteiger partial charge is 0.0676 e. The first-order valence-corrected chi connectivity index (χ1v) is 3.27. The fraction of sp³-hybridized carbons (Fsp3) is 0. The van der Waals surface area contributed by atoms with Crippen molar-refractivity contribution in [1.82, 2.24) is 0 Å². The van der Waals surface area contributed by atoms with Gasteiger partial charge in [-0.05, 0) is 0 Å². The van der Waals surface area contributed by atoms with Crippen molar-refractivity contribution in [1.29, 1.82) is 0 Å². The monoisotopic (exact) mass is 132 g/mol. The van der Waals surface area contributed by atoms with Crippen molar-refractivity contribution in [3.05, 3.63) is 24.6 Å². The summed E-state index contributed by atoms with van der Waals surface area (Å²) in [5.74, 6) is 0.